The molecule has 1 saturated heterocycles. The molecule has 0 spiro atoms. The molecular weight excluding hydrogens is 325 g/mol. The van der Waals surface area contributed by atoms with Crippen molar-refractivity contribution in [2.75, 3.05) is 24.5 Å². The molecule has 0 saturated carbocycles. The quantitative estimate of drug-likeness (QED) is 0.782. The maximum atomic E-state index is 12.5. The van der Waals surface area contributed by atoms with E-state index in [0.717, 1.165) is 12.4 Å². The number of hydrogen-bond acceptors (Lipinski definition) is 5. The molecule has 1 aromatic rings. The third-order valence-corrected chi connectivity index (χ3v) is 3.51. The van der Waals surface area contributed by atoms with Gasteiger partial charge in [0, 0.05) is 25.7 Å². The van der Waals surface area contributed by atoms with E-state index in [2.05, 4.69) is 9.97 Å². The van der Waals surface area contributed by atoms with E-state index >= 15 is 0 Å². The van der Waals surface area contributed by atoms with Crippen LogP contribution in [0.3, 0.4) is 0 Å². The Labute approximate surface area is 138 Å². The average molecular weight is 346 g/mol. The van der Waals surface area contributed by atoms with Gasteiger partial charge in [-0.15, -0.1) is 0 Å². The molecule has 9 heteroatoms. The predicted molar refractivity (Wildman–Crippen MR) is 81.6 cm³/mol. The Morgan fingerprint density at radius 3 is 2.33 bits per heavy atom. The topological polar surface area (TPSA) is 58.6 Å². The van der Waals surface area contributed by atoms with Gasteiger partial charge in [0.2, 0.25) is 0 Å². The van der Waals surface area contributed by atoms with Gasteiger partial charge in [0.15, 0.2) is 5.69 Å². The smallest absolute Gasteiger partial charge is 0.434 e. The molecule has 1 atom stereocenters. The van der Waals surface area contributed by atoms with Crippen molar-refractivity contribution in [1.82, 2.24) is 14.9 Å². The number of carbonyl (C=O) groups is 1. The summed E-state index contributed by atoms with van der Waals surface area (Å²) in [6.45, 7) is 8.53. The van der Waals surface area contributed by atoms with Crippen LogP contribution in [0.1, 0.15) is 33.4 Å². The molecule has 0 bridgehead atoms. The van der Waals surface area contributed by atoms with Gasteiger partial charge in [-0.1, -0.05) is 0 Å². The minimum absolute atomic E-state index is 0.155. The van der Waals surface area contributed by atoms with Crippen LogP contribution in [0.2, 0.25) is 0 Å². The van der Waals surface area contributed by atoms with E-state index in [1.54, 1.807) is 30.6 Å². The highest BCUT2D eigenvalue weighted by atomic mass is 19.4. The first kappa shape index (κ1) is 18.3. The number of alkyl halides is 3. The highest BCUT2D eigenvalue weighted by Crippen LogP contribution is 2.27. The first-order valence-electron chi connectivity index (χ1n) is 7.61. The van der Waals surface area contributed by atoms with Crippen molar-refractivity contribution in [2.45, 2.75) is 45.5 Å². The molecule has 2 heterocycles. The number of amides is 1. The van der Waals surface area contributed by atoms with Crippen LogP contribution in [0, 0.1) is 0 Å². The van der Waals surface area contributed by atoms with E-state index in [0.29, 0.717) is 25.5 Å². The summed E-state index contributed by atoms with van der Waals surface area (Å²) in [5, 5.41) is 0. The molecule has 1 aliphatic rings. The van der Waals surface area contributed by atoms with Crippen LogP contribution in [-0.2, 0) is 10.9 Å². The van der Waals surface area contributed by atoms with Gasteiger partial charge < -0.3 is 14.5 Å². The summed E-state index contributed by atoms with van der Waals surface area (Å²) in [5.74, 6) is 0.360. The lowest BCUT2D eigenvalue weighted by Crippen LogP contribution is -2.55. The Balaban J connectivity index is 2.01. The van der Waals surface area contributed by atoms with Crippen molar-refractivity contribution in [3.05, 3.63) is 18.1 Å². The second-order valence-electron chi connectivity index (χ2n) is 6.73. The SMILES string of the molecule is CC1CN(c2cnc(C(F)(F)F)cn2)CCN1C(=O)OC(C)(C)C. The third-order valence-electron chi connectivity index (χ3n) is 3.51. The van der Waals surface area contributed by atoms with E-state index < -0.39 is 23.6 Å². The molecule has 1 aromatic heterocycles. The number of aromatic nitrogens is 2. The van der Waals surface area contributed by atoms with Crippen LogP contribution < -0.4 is 4.90 Å². The summed E-state index contributed by atoms with van der Waals surface area (Å²) in [6, 6.07) is -0.155. The fourth-order valence-electron chi connectivity index (χ4n) is 2.39. The van der Waals surface area contributed by atoms with Crippen molar-refractivity contribution in [3.63, 3.8) is 0 Å². The maximum absolute atomic E-state index is 12.5. The van der Waals surface area contributed by atoms with Crippen LogP contribution in [-0.4, -0.2) is 52.2 Å². The molecular formula is C15H21F3N4O2. The molecule has 1 amide bonds. The number of carbonyl (C=O) groups excluding carboxylic acids is 1. The number of anilines is 1. The first-order valence-corrected chi connectivity index (χ1v) is 7.61. The molecule has 0 radical (unpaired) electrons. The van der Waals surface area contributed by atoms with Gasteiger partial charge in [-0.25, -0.2) is 14.8 Å². The Bertz CT molecular complexity index is 584. The molecule has 24 heavy (non-hydrogen) atoms. The van der Waals surface area contributed by atoms with Gasteiger partial charge >= 0.3 is 12.3 Å². The molecule has 1 unspecified atom stereocenters. The summed E-state index contributed by atoms with van der Waals surface area (Å²) in [7, 11) is 0. The second kappa shape index (κ2) is 6.45. The maximum Gasteiger partial charge on any atom is 0.434 e. The zero-order valence-electron chi connectivity index (χ0n) is 14.1. The van der Waals surface area contributed by atoms with E-state index in [1.165, 1.54) is 0 Å². The van der Waals surface area contributed by atoms with Gasteiger partial charge in [0.05, 0.1) is 12.4 Å². The summed E-state index contributed by atoms with van der Waals surface area (Å²) >= 11 is 0. The highest BCUT2D eigenvalue weighted by Gasteiger charge is 2.34. The number of rotatable bonds is 1. The fraction of sp³-hybridized carbons (Fsp3) is 0.667. The van der Waals surface area contributed by atoms with Crippen molar-refractivity contribution in [2.24, 2.45) is 0 Å². The molecule has 2 rings (SSSR count). The zero-order valence-corrected chi connectivity index (χ0v) is 14.1. The Morgan fingerprint density at radius 1 is 1.21 bits per heavy atom. The van der Waals surface area contributed by atoms with Gasteiger partial charge in [-0.2, -0.15) is 13.2 Å². The molecule has 0 aromatic carbocycles. The minimum Gasteiger partial charge on any atom is -0.444 e. The van der Waals surface area contributed by atoms with E-state index in [4.69, 9.17) is 4.74 Å². The Hall–Kier alpha value is -2.06. The molecule has 1 fully saturated rings. The van der Waals surface area contributed by atoms with E-state index in [1.807, 2.05) is 6.92 Å². The highest BCUT2D eigenvalue weighted by molar-refractivity contribution is 5.69. The average Bonchev–Trinajstić information content (AvgIpc) is 2.44. The third kappa shape index (κ3) is 4.48. The number of ether oxygens (including phenoxy) is 1. The van der Waals surface area contributed by atoms with Crippen molar-refractivity contribution >= 4 is 11.9 Å². The van der Waals surface area contributed by atoms with Crippen LogP contribution in [0.4, 0.5) is 23.8 Å². The van der Waals surface area contributed by atoms with Crippen molar-refractivity contribution in [1.29, 1.82) is 0 Å². The lowest BCUT2D eigenvalue weighted by molar-refractivity contribution is -0.141. The van der Waals surface area contributed by atoms with E-state index in [9.17, 15) is 18.0 Å². The summed E-state index contributed by atoms with van der Waals surface area (Å²) in [6.07, 6.45) is -3.07. The first-order chi connectivity index (χ1) is 11.0. The lowest BCUT2D eigenvalue weighted by Gasteiger charge is -2.40. The molecule has 0 aliphatic carbocycles. The molecule has 134 valence electrons. The van der Waals surface area contributed by atoms with Gasteiger partial charge in [-0.3, -0.25) is 0 Å². The summed E-state index contributed by atoms with van der Waals surface area (Å²) in [5.41, 5.74) is -1.60. The standard InChI is InChI=1S/C15H21F3N4O2/c1-10-9-21(5-6-22(10)13(23)24-14(2,3)4)12-8-19-11(7-20-12)15(16,17)18/h7-8,10H,5-6,9H2,1-4H3. The van der Waals surface area contributed by atoms with Crippen LogP contribution in [0.5, 0.6) is 0 Å². The van der Waals surface area contributed by atoms with Gasteiger partial charge in [-0.05, 0) is 27.7 Å². The molecule has 6 nitrogen and oxygen atoms in total. The zero-order chi connectivity index (χ0) is 18.1. The molecule has 0 N–H and O–H groups in total. The predicted octanol–water partition coefficient (Wildman–Crippen LogP) is 2.94. The second-order valence-corrected chi connectivity index (χ2v) is 6.73. The number of hydrogen-bond donors (Lipinski definition) is 0. The summed E-state index contributed by atoms with van der Waals surface area (Å²) in [4.78, 5) is 22.8. The monoisotopic (exact) mass is 346 g/mol. The van der Waals surface area contributed by atoms with Crippen molar-refractivity contribution < 1.29 is 22.7 Å². The number of nitrogens with zero attached hydrogens (tertiary/aromatic N) is 4. The van der Waals surface area contributed by atoms with Crippen LogP contribution in [0.15, 0.2) is 12.4 Å². The van der Waals surface area contributed by atoms with Crippen LogP contribution >= 0.6 is 0 Å². The minimum atomic E-state index is -4.51. The fourth-order valence-corrected chi connectivity index (χ4v) is 2.39. The van der Waals surface area contributed by atoms with E-state index in [-0.39, 0.29) is 6.04 Å². The lowest BCUT2D eigenvalue weighted by atomic mass is 10.2. The normalized spacial score (nSPS) is 19.4. The van der Waals surface area contributed by atoms with Crippen LogP contribution in [0.25, 0.3) is 0 Å². The number of piperazine rings is 1. The Kier molecular flexibility index (Phi) is 4.91. The van der Waals surface area contributed by atoms with Gasteiger partial charge in [0.1, 0.15) is 11.4 Å². The Morgan fingerprint density at radius 2 is 1.88 bits per heavy atom. The van der Waals surface area contributed by atoms with Crippen molar-refractivity contribution in [3.8, 4) is 0 Å². The number of halogens is 3. The van der Waals surface area contributed by atoms with Gasteiger partial charge in [0.25, 0.3) is 0 Å². The molecule has 1 aliphatic heterocycles. The summed E-state index contributed by atoms with van der Waals surface area (Å²) < 4.78 is 42.9. The largest absolute Gasteiger partial charge is 0.444 e.